The van der Waals surface area contributed by atoms with Gasteiger partial charge in [-0.2, -0.15) is 0 Å². The SMILES string of the molecule is OCC1CCCCCN1CC1(CO)CCCCCC1. The van der Waals surface area contributed by atoms with Gasteiger partial charge in [-0.3, -0.25) is 4.90 Å². The van der Waals surface area contributed by atoms with Gasteiger partial charge in [-0.15, -0.1) is 0 Å². The molecule has 1 saturated carbocycles. The number of likely N-dealkylation sites (tertiary alicyclic amines) is 1. The van der Waals surface area contributed by atoms with Crippen LogP contribution in [0.2, 0.25) is 0 Å². The minimum atomic E-state index is 0.105. The van der Waals surface area contributed by atoms with E-state index in [0.29, 0.717) is 12.6 Å². The summed E-state index contributed by atoms with van der Waals surface area (Å²) in [5.74, 6) is 0. The van der Waals surface area contributed by atoms with E-state index >= 15 is 0 Å². The molecular formula is C16H31NO2. The predicted molar refractivity (Wildman–Crippen MR) is 78.1 cm³/mol. The van der Waals surface area contributed by atoms with Crippen LogP contribution in [0.15, 0.2) is 0 Å². The molecule has 1 unspecified atom stereocenters. The average Bonchev–Trinajstić information content (AvgIpc) is 2.80. The van der Waals surface area contributed by atoms with Crippen LogP contribution < -0.4 is 0 Å². The summed E-state index contributed by atoms with van der Waals surface area (Å²) in [6.45, 7) is 2.70. The van der Waals surface area contributed by atoms with Gasteiger partial charge in [0, 0.05) is 24.6 Å². The fourth-order valence-corrected chi connectivity index (χ4v) is 3.93. The molecule has 3 heteroatoms. The van der Waals surface area contributed by atoms with Crippen molar-refractivity contribution in [2.45, 2.75) is 70.3 Å². The lowest BCUT2D eigenvalue weighted by molar-refractivity contribution is 0.0280. The first-order valence-electron chi connectivity index (χ1n) is 8.25. The Morgan fingerprint density at radius 1 is 0.895 bits per heavy atom. The minimum absolute atomic E-state index is 0.105. The first kappa shape index (κ1) is 15.3. The molecule has 0 radical (unpaired) electrons. The second-order valence-corrected chi connectivity index (χ2v) is 6.73. The topological polar surface area (TPSA) is 43.7 Å². The molecule has 2 rings (SSSR count). The zero-order valence-corrected chi connectivity index (χ0v) is 12.3. The zero-order chi connectivity index (χ0) is 13.6. The normalized spacial score (nSPS) is 29.7. The lowest BCUT2D eigenvalue weighted by Crippen LogP contribution is -2.46. The molecule has 1 atom stereocenters. The van der Waals surface area contributed by atoms with Gasteiger partial charge in [0.25, 0.3) is 0 Å². The highest BCUT2D eigenvalue weighted by atomic mass is 16.3. The fraction of sp³-hybridized carbons (Fsp3) is 1.00. The summed E-state index contributed by atoms with van der Waals surface area (Å²) >= 11 is 0. The van der Waals surface area contributed by atoms with Gasteiger partial charge in [-0.05, 0) is 32.2 Å². The number of aliphatic hydroxyl groups is 2. The lowest BCUT2D eigenvalue weighted by Gasteiger charge is -2.39. The van der Waals surface area contributed by atoms with E-state index in [0.717, 1.165) is 32.4 Å². The van der Waals surface area contributed by atoms with Crippen molar-refractivity contribution in [1.82, 2.24) is 4.90 Å². The van der Waals surface area contributed by atoms with Gasteiger partial charge in [0.05, 0.1) is 6.61 Å². The third-order valence-corrected chi connectivity index (χ3v) is 5.25. The third kappa shape index (κ3) is 4.17. The fourth-order valence-electron chi connectivity index (χ4n) is 3.93. The van der Waals surface area contributed by atoms with Crippen LogP contribution in [0.1, 0.15) is 64.2 Å². The van der Waals surface area contributed by atoms with E-state index < -0.39 is 0 Å². The number of rotatable bonds is 4. The molecule has 0 aromatic heterocycles. The van der Waals surface area contributed by atoms with E-state index in [-0.39, 0.29) is 12.0 Å². The second-order valence-electron chi connectivity index (χ2n) is 6.73. The van der Waals surface area contributed by atoms with Crippen LogP contribution in [-0.2, 0) is 0 Å². The van der Waals surface area contributed by atoms with Crippen molar-refractivity contribution in [2.75, 3.05) is 26.3 Å². The summed E-state index contributed by atoms with van der Waals surface area (Å²) in [5.41, 5.74) is 0.105. The summed E-state index contributed by atoms with van der Waals surface area (Å²) in [7, 11) is 0. The standard InChI is InChI=1S/C16H31NO2/c18-12-15-8-4-3-7-11-17(15)13-16(14-19)9-5-1-2-6-10-16/h15,18-19H,1-14H2. The molecule has 0 amide bonds. The Bertz CT molecular complexity index is 249. The second kappa shape index (κ2) is 7.61. The molecule has 3 nitrogen and oxygen atoms in total. The molecule has 0 aromatic rings. The summed E-state index contributed by atoms with van der Waals surface area (Å²) in [4.78, 5) is 2.48. The van der Waals surface area contributed by atoms with Crippen molar-refractivity contribution < 1.29 is 10.2 Å². The van der Waals surface area contributed by atoms with Gasteiger partial charge in [0.2, 0.25) is 0 Å². The summed E-state index contributed by atoms with van der Waals surface area (Å²) in [5, 5.41) is 19.6. The molecule has 2 aliphatic rings. The van der Waals surface area contributed by atoms with Crippen LogP contribution in [0.25, 0.3) is 0 Å². The van der Waals surface area contributed by atoms with Gasteiger partial charge in [0.1, 0.15) is 0 Å². The maximum absolute atomic E-state index is 9.94. The zero-order valence-electron chi connectivity index (χ0n) is 12.3. The summed E-state index contributed by atoms with van der Waals surface area (Å²) in [6, 6.07) is 0.328. The Morgan fingerprint density at radius 3 is 2.21 bits per heavy atom. The first-order valence-corrected chi connectivity index (χ1v) is 8.25. The highest BCUT2D eigenvalue weighted by Gasteiger charge is 2.34. The van der Waals surface area contributed by atoms with E-state index in [9.17, 15) is 10.2 Å². The third-order valence-electron chi connectivity index (χ3n) is 5.25. The van der Waals surface area contributed by atoms with Gasteiger partial charge in [0.15, 0.2) is 0 Å². The quantitative estimate of drug-likeness (QED) is 0.771. The molecule has 112 valence electrons. The highest BCUT2D eigenvalue weighted by molar-refractivity contribution is 4.87. The molecule has 0 bridgehead atoms. The first-order chi connectivity index (χ1) is 9.29. The van der Waals surface area contributed by atoms with E-state index in [1.165, 1.54) is 44.9 Å². The van der Waals surface area contributed by atoms with Gasteiger partial charge < -0.3 is 10.2 Å². The van der Waals surface area contributed by atoms with Crippen molar-refractivity contribution in [2.24, 2.45) is 5.41 Å². The minimum Gasteiger partial charge on any atom is -0.396 e. The molecule has 1 aliphatic heterocycles. The van der Waals surface area contributed by atoms with E-state index in [2.05, 4.69) is 4.90 Å². The Hall–Kier alpha value is -0.120. The van der Waals surface area contributed by atoms with Crippen LogP contribution in [0.3, 0.4) is 0 Å². The Labute approximate surface area is 118 Å². The number of nitrogens with zero attached hydrogens (tertiary/aromatic N) is 1. The molecule has 2 N–H and O–H groups in total. The Morgan fingerprint density at radius 2 is 1.58 bits per heavy atom. The van der Waals surface area contributed by atoms with Crippen LogP contribution >= 0.6 is 0 Å². The maximum Gasteiger partial charge on any atom is 0.0586 e. The molecule has 0 aromatic carbocycles. The van der Waals surface area contributed by atoms with E-state index in [1.54, 1.807) is 0 Å². The van der Waals surface area contributed by atoms with Crippen LogP contribution in [0, 0.1) is 5.41 Å². The molecule has 1 heterocycles. The Kier molecular flexibility index (Phi) is 6.11. The van der Waals surface area contributed by atoms with Gasteiger partial charge in [-0.1, -0.05) is 38.5 Å². The predicted octanol–water partition coefficient (Wildman–Crippen LogP) is 2.56. The lowest BCUT2D eigenvalue weighted by atomic mass is 9.80. The molecule has 2 fully saturated rings. The monoisotopic (exact) mass is 269 g/mol. The molecular weight excluding hydrogens is 238 g/mol. The van der Waals surface area contributed by atoms with Crippen molar-refractivity contribution >= 4 is 0 Å². The number of hydrogen-bond donors (Lipinski definition) is 2. The molecule has 19 heavy (non-hydrogen) atoms. The number of hydrogen-bond acceptors (Lipinski definition) is 3. The summed E-state index contributed by atoms with van der Waals surface area (Å²) < 4.78 is 0. The van der Waals surface area contributed by atoms with Crippen LogP contribution in [-0.4, -0.2) is 47.5 Å². The van der Waals surface area contributed by atoms with Crippen LogP contribution in [0.4, 0.5) is 0 Å². The van der Waals surface area contributed by atoms with E-state index in [1.807, 2.05) is 0 Å². The highest BCUT2D eigenvalue weighted by Crippen LogP contribution is 2.36. The smallest absolute Gasteiger partial charge is 0.0586 e. The molecule has 0 spiro atoms. The maximum atomic E-state index is 9.94. The van der Waals surface area contributed by atoms with E-state index in [4.69, 9.17) is 0 Å². The van der Waals surface area contributed by atoms with Crippen molar-refractivity contribution in [1.29, 1.82) is 0 Å². The van der Waals surface area contributed by atoms with Crippen molar-refractivity contribution in [3.8, 4) is 0 Å². The van der Waals surface area contributed by atoms with Crippen molar-refractivity contribution in [3.63, 3.8) is 0 Å². The number of aliphatic hydroxyl groups excluding tert-OH is 2. The largest absolute Gasteiger partial charge is 0.396 e. The van der Waals surface area contributed by atoms with Crippen LogP contribution in [0.5, 0.6) is 0 Å². The molecule has 1 saturated heterocycles. The Balaban J connectivity index is 2.01. The van der Waals surface area contributed by atoms with Gasteiger partial charge >= 0.3 is 0 Å². The summed E-state index contributed by atoms with van der Waals surface area (Å²) in [6.07, 6.45) is 12.4. The van der Waals surface area contributed by atoms with Crippen molar-refractivity contribution in [3.05, 3.63) is 0 Å². The average molecular weight is 269 g/mol. The molecule has 1 aliphatic carbocycles. The van der Waals surface area contributed by atoms with Gasteiger partial charge in [-0.25, -0.2) is 0 Å².